The highest BCUT2D eigenvalue weighted by atomic mass is 32.1. The Labute approximate surface area is 113 Å². The molecule has 1 aromatic rings. The fraction of sp³-hybridized carbons (Fsp3) is 0.385. The number of amides is 1. The Hall–Kier alpha value is -1.62. The Kier molecular flexibility index (Phi) is 5.58. The third-order valence-corrected chi connectivity index (χ3v) is 2.71. The van der Waals surface area contributed by atoms with Crippen molar-refractivity contribution in [2.45, 2.75) is 26.5 Å². The second-order valence-corrected chi connectivity index (χ2v) is 4.80. The topological polar surface area (TPSA) is 64.3 Å². The third-order valence-electron chi connectivity index (χ3n) is 2.46. The molecule has 0 saturated carbocycles. The second kappa shape index (κ2) is 6.96. The first-order chi connectivity index (χ1) is 8.50. The number of thiocarbonyl (C=S) groups is 1. The summed E-state index contributed by atoms with van der Waals surface area (Å²) in [5.41, 5.74) is 6.49. The first-order valence-corrected chi connectivity index (χ1v) is 6.18. The minimum Gasteiger partial charge on any atom is -0.445 e. The number of carbonyl (C=O) groups is 1. The summed E-state index contributed by atoms with van der Waals surface area (Å²) in [6.07, 6.45) is -0.509. The number of carbonyl (C=O) groups excluding carboxylic acids is 1. The molecule has 1 aromatic carbocycles. The lowest BCUT2D eigenvalue weighted by Gasteiger charge is -2.20. The van der Waals surface area contributed by atoms with E-state index in [1.54, 1.807) is 0 Å². The Morgan fingerprint density at radius 3 is 2.50 bits per heavy atom. The normalized spacial score (nSPS) is 11.9. The van der Waals surface area contributed by atoms with Gasteiger partial charge in [0.25, 0.3) is 0 Å². The lowest BCUT2D eigenvalue weighted by Crippen LogP contribution is -2.46. The number of alkyl carbamates (subject to hydrolysis) is 1. The summed E-state index contributed by atoms with van der Waals surface area (Å²) in [5.74, 6) is 0.131. The van der Waals surface area contributed by atoms with Crippen LogP contribution in [0.1, 0.15) is 19.4 Å². The molecule has 1 amide bonds. The van der Waals surface area contributed by atoms with E-state index in [0.717, 1.165) is 5.56 Å². The molecule has 0 radical (unpaired) electrons. The van der Waals surface area contributed by atoms with E-state index in [0.29, 0.717) is 0 Å². The van der Waals surface area contributed by atoms with E-state index >= 15 is 0 Å². The van der Waals surface area contributed by atoms with Gasteiger partial charge in [0.2, 0.25) is 0 Å². The van der Waals surface area contributed by atoms with Gasteiger partial charge in [-0.25, -0.2) is 4.79 Å². The third kappa shape index (κ3) is 4.71. The fourth-order valence-electron chi connectivity index (χ4n) is 1.46. The zero-order valence-corrected chi connectivity index (χ0v) is 11.4. The van der Waals surface area contributed by atoms with Gasteiger partial charge in [0.15, 0.2) is 0 Å². The number of nitrogens with two attached hydrogens (primary N) is 1. The zero-order valence-electron chi connectivity index (χ0n) is 10.6. The summed E-state index contributed by atoms with van der Waals surface area (Å²) >= 11 is 4.90. The van der Waals surface area contributed by atoms with E-state index in [2.05, 4.69) is 5.32 Å². The molecule has 3 N–H and O–H groups in total. The lowest BCUT2D eigenvalue weighted by molar-refractivity contribution is 0.136. The number of rotatable bonds is 5. The Bertz CT molecular complexity index is 407. The van der Waals surface area contributed by atoms with Crippen molar-refractivity contribution in [1.29, 1.82) is 0 Å². The van der Waals surface area contributed by atoms with Gasteiger partial charge in [0.05, 0.1) is 11.0 Å². The minimum atomic E-state index is -0.509. The summed E-state index contributed by atoms with van der Waals surface area (Å²) in [4.78, 5) is 11.9. The maximum Gasteiger partial charge on any atom is 0.408 e. The molecule has 0 aliphatic heterocycles. The number of hydrogen-bond acceptors (Lipinski definition) is 3. The van der Waals surface area contributed by atoms with Crippen molar-refractivity contribution in [1.82, 2.24) is 5.32 Å². The van der Waals surface area contributed by atoms with Gasteiger partial charge in [-0.05, 0) is 11.5 Å². The van der Waals surface area contributed by atoms with E-state index < -0.39 is 6.09 Å². The van der Waals surface area contributed by atoms with Crippen LogP contribution in [0.15, 0.2) is 30.3 Å². The highest BCUT2D eigenvalue weighted by Crippen LogP contribution is 2.04. The molecule has 18 heavy (non-hydrogen) atoms. The lowest BCUT2D eigenvalue weighted by atomic mass is 10.1. The van der Waals surface area contributed by atoms with Crippen molar-refractivity contribution in [3.63, 3.8) is 0 Å². The van der Waals surface area contributed by atoms with Gasteiger partial charge in [-0.1, -0.05) is 56.4 Å². The second-order valence-electron chi connectivity index (χ2n) is 4.33. The molecule has 5 heteroatoms. The van der Waals surface area contributed by atoms with Crippen LogP contribution >= 0.6 is 12.2 Å². The Morgan fingerprint density at radius 2 is 2.00 bits per heavy atom. The smallest absolute Gasteiger partial charge is 0.408 e. The molecular formula is C13H18N2O2S. The standard InChI is InChI=1S/C13H18N2O2S/c1-9(2)11(12(14)18)15-13(16)17-8-10-6-4-3-5-7-10/h3-7,9,11H,8H2,1-2H3,(H2,14,18)(H,15,16)/t11-/m1/s1. The van der Waals surface area contributed by atoms with E-state index in [4.69, 9.17) is 22.7 Å². The SMILES string of the molecule is CC(C)[C@@H](NC(=O)OCc1ccccc1)C(N)=S. The summed E-state index contributed by atoms with van der Waals surface area (Å²) in [6.45, 7) is 4.09. The molecule has 0 saturated heterocycles. The zero-order chi connectivity index (χ0) is 13.5. The van der Waals surface area contributed by atoms with Gasteiger partial charge in [0.1, 0.15) is 6.61 Å². The van der Waals surface area contributed by atoms with E-state index in [-0.39, 0.29) is 23.6 Å². The average molecular weight is 266 g/mol. The van der Waals surface area contributed by atoms with Crippen LogP contribution in [0.25, 0.3) is 0 Å². The van der Waals surface area contributed by atoms with Crippen LogP contribution in [0.4, 0.5) is 4.79 Å². The van der Waals surface area contributed by atoms with Crippen molar-refractivity contribution >= 4 is 23.3 Å². The molecule has 0 unspecified atom stereocenters. The maximum atomic E-state index is 11.6. The monoisotopic (exact) mass is 266 g/mol. The predicted molar refractivity (Wildman–Crippen MR) is 75.2 cm³/mol. The molecule has 0 aliphatic carbocycles. The molecule has 1 atom stereocenters. The number of ether oxygens (including phenoxy) is 1. The van der Waals surface area contributed by atoms with Crippen LogP contribution in [0.3, 0.4) is 0 Å². The number of benzene rings is 1. The van der Waals surface area contributed by atoms with Gasteiger partial charge >= 0.3 is 6.09 Å². The van der Waals surface area contributed by atoms with Crippen molar-refractivity contribution in [2.24, 2.45) is 11.7 Å². The van der Waals surface area contributed by atoms with Crippen LogP contribution in [0.5, 0.6) is 0 Å². The molecule has 0 heterocycles. The summed E-state index contributed by atoms with van der Waals surface area (Å²) in [6, 6.07) is 9.13. The van der Waals surface area contributed by atoms with Gasteiger partial charge < -0.3 is 15.8 Å². The quantitative estimate of drug-likeness (QED) is 0.802. The number of hydrogen-bond donors (Lipinski definition) is 2. The first-order valence-electron chi connectivity index (χ1n) is 5.77. The maximum absolute atomic E-state index is 11.6. The first kappa shape index (κ1) is 14.4. The molecular weight excluding hydrogens is 248 g/mol. The predicted octanol–water partition coefficient (Wildman–Crippen LogP) is 2.22. The van der Waals surface area contributed by atoms with E-state index in [1.807, 2.05) is 44.2 Å². The average Bonchev–Trinajstić information content (AvgIpc) is 2.34. The molecule has 98 valence electrons. The summed E-state index contributed by atoms with van der Waals surface area (Å²) < 4.78 is 5.09. The molecule has 0 fully saturated rings. The van der Waals surface area contributed by atoms with E-state index in [1.165, 1.54) is 0 Å². The Morgan fingerprint density at radius 1 is 1.39 bits per heavy atom. The summed E-state index contributed by atoms with van der Waals surface area (Å²) in [7, 11) is 0. The van der Waals surface area contributed by atoms with Gasteiger partial charge in [-0.2, -0.15) is 0 Å². The summed E-state index contributed by atoms with van der Waals surface area (Å²) in [5, 5.41) is 2.66. The molecule has 0 aromatic heterocycles. The van der Waals surface area contributed by atoms with Crippen LogP contribution in [-0.4, -0.2) is 17.1 Å². The molecule has 4 nitrogen and oxygen atoms in total. The highest BCUT2D eigenvalue weighted by Gasteiger charge is 2.19. The molecule has 0 bridgehead atoms. The van der Waals surface area contributed by atoms with Gasteiger partial charge in [-0.15, -0.1) is 0 Å². The van der Waals surface area contributed by atoms with Crippen LogP contribution in [0.2, 0.25) is 0 Å². The van der Waals surface area contributed by atoms with Crippen molar-refractivity contribution < 1.29 is 9.53 Å². The minimum absolute atomic E-state index is 0.131. The van der Waals surface area contributed by atoms with Gasteiger partial charge in [0, 0.05) is 0 Å². The largest absolute Gasteiger partial charge is 0.445 e. The van der Waals surface area contributed by atoms with Crippen molar-refractivity contribution in [3.05, 3.63) is 35.9 Å². The highest BCUT2D eigenvalue weighted by molar-refractivity contribution is 7.80. The number of nitrogens with one attached hydrogen (secondary N) is 1. The van der Waals surface area contributed by atoms with Crippen LogP contribution in [-0.2, 0) is 11.3 Å². The molecule has 0 aliphatic rings. The fourth-order valence-corrected chi connectivity index (χ4v) is 1.79. The molecule has 0 spiro atoms. The van der Waals surface area contributed by atoms with Crippen LogP contribution in [0, 0.1) is 5.92 Å². The van der Waals surface area contributed by atoms with Gasteiger partial charge in [-0.3, -0.25) is 0 Å². The molecule has 1 rings (SSSR count). The Balaban J connectivity index is 2.44. The van der Waals surface area contributed by atoms with Crippen molar-refractivity contribution in [3.8, 4) is 0 Å². The van der Waals surface area contributed by atoms with E-state index in [9.17, 15) is 4.79 Å². The van der Waals surface area contributed by atoms with Crippen LogP contribution < -0.4 is 11.1 Å². The van der Waals surface area contributed by atoms with Crippen molar-refractivity contribution in [2.75, 3.05) is 0 Å².